The van der Waals surface area contributed by atoms with Crippen molar-refractivity contribution in [1.82, 2.24) is 0 Å². The third kappa shape index (κ3) is 4.87. The highest BCUT2D eigenvalue weighted by Crippen LogP contribution is 2.23. The Hall–Kier alpha value is -2.24. The number of carboxylic acids is 1. The van der Waals surface area contributed by atoms with Crippen molar-refractivity contribution in [2.24, 2.45) is 0 Å². The largest absolute Gasteiger partial charge is 0.483 e. The Labute approximate surface area is 142 Å². The molecule has 120 valence electrons. The number of aryl methyl sites for hydroxylation is 1. The van der Waals surface area contributed by atoms with E-state index in [0.29, 0.717) is 15.7 Å². The second kappa shape index (κ2) is 7.35. The molecule has 0 saturated carbocycles. The summed E-state index contributed by atoms with van der Waals surface area (Å²) in [7, 11) is 0. The lowest BCUT2D eigenvalue weighted by atomic mass is 10.1. The smallest absolute Gasteiger partial charge is 0.339 e. The summed E-state index contributed by atoms with van der Waals surface area (Å²) in [4.78, 5) is 23.0. The number of aromatic carboxylic acids is 1. The Morgan fingerprint density at radius 1 is 1.13 bits per heavy atom. The molecule has 0 aliphatic carbocycles. The molecule has 0 fully saturated rings. The Kier molecular flexibility index (Phi) is 5.47. The van der Waals surface area contributed by atoms with E-state index in [0.717, 1.165) is 5.56 Å². The molecule has 0 atom stereocenters. The van der Waals surface area contributed by atoms with Crippen molar-refractivity contribution >= 4 is 40.8 Å². The summed E-state index contributed by atoms with van der Waals surface area (Å²) in [6.45, 7) is 1.46. The van der Waals surface area contributed by atoms with Crippen molar-refractivity contribution in [2.75, 3.05) is 11.9 Å². The normalized spacial score (nSPS) is 10.2. The van der Waals surface area contributed by atoms with Crippen molar-refractivity contribution in [3.63, 3.8) is 0 Å². The maximum atomic E-state index is 11.9. The van der Waals surface area contributed by atoms with E-state index >= 15 is 0 Å². The fourth-order valence-corrected chi connectivity index (χ4v) is 2.42. The molecule has 2 rings (SSSR count). The van der Waals surface area contributed by atoms with Gasteiger partial charge in [0.1, 0.15) is 11.3 Å². The third-order valence-corrected chi connectivity index (χ3v) is 3.31. The van der Waals surface area contributed by atoms with Crippen LogP contribution >= 0.6 is 23.2 Å². The minimum Gasteiger partial charge on any atom is -0.483 e. The minimum absolute atomic E-state index is 0.00537. The SMILES string of the molecule is Cc1ccc(C(=O)O)c(OCC(=O)Nc2cc(Cl)cc(Cl)c2)c1. The van der Waals surface area contributed by atoms with Crippen LogP contribution in [-0.2, 0) is 4.79 Å². The minimum atomic E-state index is -1.12. The third-order valence-electron chi connectivity index (χ3n) is 2.87. The van der Waals surface area contributed by atoms with E-state index in [1.807, 2.05) is 0 Å². The molecule has 0 spiro atoms. The van der Waals surface area contributed by atoms with Crippen molar-refractivity contribution in [1.29, 1.82) is 0 Å². The van der Waals surface area contributed by atoms with Crippen molar-refractivity contribution in [3.8, 4) is 5.75 Å². The molecule has 0 aromatic heterocycles. The number of amides is 1. The summed E-state index contributed by atoms with van der Waals surface area (Å²) >= 11 is 11.7. The average Bonchev–Trinajstić information content (AvgIpc) is 2.43. The second-order valence-corrected chi connectivity index (χ2v) is 5.67. The number of benzene rings is 2. The van der Waals surface area contributed by atoms with E-state index in [4.69, 9.17) is 33.0 Å². The number of carboxylic acid groups (broad SMARTS) is 1. The van der Waals surface area contributed by atoms with Gasteiger partial charge in [-0.15, -0.1) is 0 Å². The van der Waals surface area contributed by atoms with Crippen LogP contribution in [0.1, 0.15) is 15.9 Å². The standard InChI is InChI=1S/C16H13Cl2NO4/c1-9-2-3-13(16(21)22)14(4-9)23-8-15(20)19-12-6-10(17)5-11(18)7-12/h2-7H,8H2,1H3,(H,19,20)(H,21,22). The monoisotopic (exact) mass is 353 g/mol. The summed E-state index contributed by atoms with van der Waals surface area (Å²) < 4.78 is 5.31. The van der Waals surface area contributed by atoms with E-state index < -0.39 is 11.9 Å². The number of carbonyl (C=O) groups excluding carboxylic acids is 1. The summed E-state index contributed by atoms with van der Waals surface area (Å²) in [6, 6.07) is 9.28. The van der Waals surface area contributed by atoms with E-state index in [-0.39, 0.29) is 17.9 Å². The Morgan fingerprint density at radius 2 is 1.78 bits per heavy atom. The highest BCUT2D eigenvalue weighted by molar-refractivity contribution is 6.35. The van der Waals surface area contributed by atoms with Gasteiger partial charge in [-0.05, 0) is 42.8 Å². The van der Waals surface area contributed by atoms with Gasteiger partial charge in [0.15, 0.2) is 6.61 Å². The fourth-order valence-electron chi connectivity index (χ4n) is 1.89. The average molecular weight is 354 g/mol. The maximum absolute atomic E-state index is 11.9. The first kappa shape index (κ1) is 17.1. The lowest BCUT2D eigenvalue weighted by Gasteiger charge is -2.11. The summed E-state index contributed by atoms with van der Waals surface area (Å²) in [5, 5.41) is 12.5. The fraction of sp³-hybridized carbons (Fsp3) is 0.125. The topological polar surface area (TPSA) is 75.6 Å². The van der Waals surface area contributed by atoms with Crippen LogP contribution in [0.2, 0.25) is 10.0 Å². The number of ether oxygens (including phenoxy) is 1. The van der Waals surface area contributed by atoms with Crippen molar-refractivity contribution in [3.05, 3.63) is 57.6 Å². The highest BCUT2D eigenvalue weighted by Gasteiger charge is 2.13. The van der Waals surface area contributed by atoms with Crippen LogP contribution in [0.25, 0.3) is 0 Å². The molecule has 0 radical (unpaired) electrons. The first-order valence-corrected chi connectivity index (χ1v) is 7.33. The molecule has 2 aromatic carbocycles. The zero-order valence-electron chi connectivity index (χ0n) is 12.1. The molecule has 7 heteroatoms. The molecule has 0 aliphatic heterocycles. The molecule has 2 N–H and O–H groups in total. The predicted molar refractivity (Wildman–Crippen MR) is 88.7 cm³/mol. The summed E-state index contributed by atoms with van der Waals surface area (Å²) in [5.74, 6) is -1.44. The van der Waals surface area contributed by atoms with Crippen LogP contribution < -0.4 is 10.1 Å². The molecular weight excluding hydrogens is 341 g/mol. The van der Waals surface area contributed by atoms with Crippen molar-refractivity contribution < 1.29 is 19.4 Å². The van der Waals surface area contributed by atoms with Gasteiger partial charge in [-0.2, -0.15) is 0 Å². The van der Waals surface area contributed by atoms with Gasteiger partial charge in [0.25, 0.3) is 5.91 Å². The summed E-state index contributed by atoms with van der Waals surface area (Å²) in [5.41, 5.74) is 1.25. The van der Waals surface area contributed by atoms with E-state index in [2.05, 4.69) is 5.32 Å². The molecule has 0 bridgehead atoms. The van der Waals surface area contributed by atoms with E-state index in [1.165, 1.54) is 6.07 Å². The Morgan fingerprint density at radius 3 is 2.39 bits per heavy atom. The second-order valence-electron chi connectivity index (χ2n) is 4.80. The van der Waals surface area contributed by atoms with Crippen LogP contribution in [0.5, 0.6) is 5.75 Å². The molecule has 0 aliphatic rings. The number of rotatable bonds is 5. The quantitative estimate of drug-likeness (QED) is 0.851. The number of hydrogen-bond donors (Lipinski definition) is 2. The molecule has 2 aromatic rings. The number of anilines is 1. The molecular formula is C16H13Cl2NO4. The number of nitrogens with one attached hydrogen (secondary N) is 1. The van der Waals surface area contributed by atoms with Gasteiger partial charge in [-0.1, -0.05) is 29.3 Å². The van der Waals surface area contributed by atoms with Gasteiger partial charge in [-0.3, -0.25) is 4.79 Å². The van der Waals surface area contributed by atoms with Gasteiger partial charge >= 0.3 is 5.97 Å². The molecule has 0 heterocycles. The molecule has 23 heavy (non-hydrogen) atoms. The van der Waals surface area contributed by atoms with Gasteiger partial charge in [0.05, 0.1) is 0 Å². The lowest BCUT2D eigenvalue weighted by Crippen LogP contribution is -2.21. The van der Waals surface area contributed by atoms with Crippen LogP contribution in [0.4, 0.5) is 5.69 Å². The zero-order valence-corrected chi connectivity index (χ0v) is 13.6. The van der Waals surface area contributed by atoms with E-state index in [1.54, 1.807) is 37.3 Å². The Bertz CT molecular complexity index is 741. The first-order chi connectivity index (χ1) is 10.8. The van der Waals surface area contributed by atoms with Gasteiger partial charge < -0.3 is 15.2 Å². The molecule has 1 amide bonds. The van der Waals surface area contributed by atoms with Gasteiger partial charge in [0.2, 0.25) is 0 Å². The molecule has 0 unspecified atom stereocenters. The van der Waals surface area contributed by atoms with Crippen LogP contribution in [0.3, 0.4) is 0 Å². The predicted octanol–water partition coefficient (Wildman–Crippen LogP) is 4.02. The van der Waals surface area contributed by atoms with Crippen LogP contribution in [-0.4, -0.2) is 23.6 Å². The lowest BCUT2D eigenvalue weighted by molar-refractivity contribution is -0.118. The van der Waals surface area contributed by atoms with Crippen molar-refractivity contribution in [2.45, 2.75) is 6.92 Å². The van der Waals surface area contributed by atoms with Crippen LogP contribution in [0.15, 0.2) is 36.4 Å². The molecule has 0 saturated heterocycles. The Balaban J connectivity index is 2.04. The number of hydrogen-bond acceptors (Lipinski definition) is 3. The maximum Gasteiger partial charge on any atom is 0.339 e. The molecule has 5 nitrogen and oxygen atoms in total. The van der Waals surface area contributed by atoms with Crippen LogP contribution in [0, 0.1) is 6.92 Å². The first-order valence-electron chi connectivity index (χ1n) is 6.58. The van der Waals surface area contributed by atoms with Gasteiger partial charge in [-0.25, -0.2) is 4.79 Å². The van der Waals surface area contributed by atoms with E-state index in [9.17, 15) is 9.59 Å². The zero-order chi connectivity index (χ0) is 17.0. The number of carbonyl (C=O) groups is 2. The number of halogens is 2. The van der Waals surface area contributed by atoms with Gasteiger partial charge in [0, 0.05) is 15.7 Å². The summed E-state index contributed by atoms with van der Waals surface area (Å²) in [6.07, 6.45) is 0. The highest BCUT2D eigenvalue weighted by atomic mass is 35.5.